The Morgan fingerprint density at radius 3 is 2.90 bits per heavy atom. The molecule has 108 valence electrons. The Balaban J connectivity index is 2.02. The third-order valence-corrected chi connectivity index (χ3v) is 3.14. The molecule has 0 unspecified atom stereocenters. The summed E-state index contributed by atoms with van der Waals surface area (Å²) < 4.78 is 14.9. The molecule has 0 atom stereocenters. The number of benzene rings is 1. The average molecular weight is 297 g/mol. The molecule has 0 aliphatic heterocycles. The van der Waals surface area contributed by atoms with Crippen LogP contribution in [0, 0.1) is 11.7 Å². The average Bonchev–Trinajstić information content (AvgIpc) is 2.81. The lowest BCUT2D eigenvalue weighted by Gasteiger charge is -2.09. The van der Waals surface area contributed by atoms with E-state index in [1.165, 1.54) is 12.4 Å². The summed E-state index contributed by atoms with van der Waals surface area (Å²) >= 11 is 5.78. The molecule has 1 aromatic carbocycles. The second kappa shape index (κ2) is 6.81. The van der Waals surface area contributed by atoms with Crippen molar-refractivity contribution in [2.24, 2.45) is 5.92 Å². The zero-order valence-corrected chi connectivity index (χ0v) is 12.4. The van der Waals surface area contributed by atoms with Crippen molar-refractivity contribution in [3.63, 3.8) is 0 Å². The molecule has 1 N–H and O–H groups in total. The Bertz CT molecular complexity index is 568. The summed E-state index contributed by atoms with van der Waals surface area (Å²) in [6.45, 7) is 6.41. The van der Waals surface area contributed by atoms with E-state index in [9.17, 15) is 4.39 Å². The summed E-state index contributed by atoms with van der Waals surface area (Å²) in [6.07, 6.45) is 1.53. The van der Waals surface area contributed by atoms with E-state index in [4.69, 9.17) is 11.6 Å². The molecule has 0 aliphatic carbocycles. The molecule has 0 spiro atoms. The maximum Gasteiger partial charge on any atom is 0.141 e. The lowest BCUT2D eigenvalue weighted by atomic mass is 10.2. The quantitative estimate of drug-likeness (QED) is 0.891. The van der Waals surface area contributed by atoms with Gasteiger partial charge in [0.05, 0.1) is 18.1 Å². The zero-order valence-electron chi connectivity index (χ0n) is 11.6. The Kier molecular flexibility index (Phi) is 5.09. The van der Waals surface area contributed by atoms with Gasteiger partial charge in [0.25, 0.3) is 0 Å². The van der Waals surface area contributed by atoms with Crippen molar-refractivity contribution in [2.45, 2.75) is 26.9 Å². The highest BCUT2D eigenvalue weighted by atomic mass is 35.5. The fourth-order valence-electron chi connectivity index (χ4n) is 1.84. The topological polar surface area (TPSA) is 42.7 Å². The predicted octanol–water partition coefficient (Wildman–Crippen LogP) is 2.86. The van der Waals surface area contributed by atoms with Crippen molar-refractivity contribution >= 4 is 11.6 Å². The Morgan fingerprint density at radius 1 is 1.40 bits per heavy atom. The Morgan fingerprint density at radius 2 is 2.20 bits per heavy atom. The van der Waals surface area contributed by atoms with Crippen LogP contribution in [0.25, 0.3) is 0 Å². The molecule has 0 radical (unpaired) electrons. The molecule has 4 nitrogen and oxygen atoms in total. The van der Waals surface area contributed by atoms with Gasteiger partial charge in [0, 0.05) is 0 Å². The molecule has 0 bridgehead atoms. The van der Waals surface area contributed by atoms with Crippen molar-refractivity contribution in [3.8, 4) is 0 Å². The highest BCUT2D eigenvalue weighted by Gasteiger charge is 2.07. The number of hydrogen-bond donors (Lipinski definition) is 1. The van der Waals surface area contributed by atoms with E-state index < -0.39 is 5.82 Å². The summed E-state index contributed by atoms with van der Waals surface area (Å²) in [5.41, 5.74) is 0.895. The van der Waals surface area contributed by atoms with Crippen molar-refractivity contribution in [2.75, 3.05) is 6.54 Å². The van der Waals surface area contributed by atoms with Crippen LogP contribution in [0.2, 0.25) is 5.02 Å². The normalized spacial score (nSPS) is 11.2. The first-order valence-electron chi connectivity index (χ1n) is 6.57. The number of aromatic nitrogens is 3. The molecule has 0 amide bonds. The van der Waals surface area contributed by atoms with Crippen LogP contribution in [-0.2, 0) is 13.1 Å². The molecular formula is C14H18ClFN4. The van der Waals surface area contributed by atoms with Gasteiger partial charge < -0.3 is 5.32 Å². The van der Waals surface area contributed by atoms with Gasteiger partial charge in [-0.2, -0.15) is 5.10 Å². The van der Waals surface area contributed by atoms with E-state index in [1.807, 2.05) is 0 Å². The van der Waals surface area contributed by atoms with Crippen LogP contribution in [0.5, 0.6) is 0 Å². The van der Waals surface area contributed by atoms with Gasteiger partial charge in [-0.15, -0.1) is 0 Å². The summed E-state index contributed by atoms with van der Waals surface area (Å²) in [4.78, 5) is 4.23. The van der Waals surface area contributed by atoms with Gasteiger partial charge in [0.1, 0.15) is 18.0 Å². The molecule has 2 aromatic rings. The van der Waals surface area contributed by atoms with Crippen molar-refractivity contribution in [1.29, 1.82) is 0 Å². The van der Waals surface area contributed by atoms with Crippen LogP contribution in [-0.4, -0.2) is 21.3 Å². The first kappa shape index (κ1) is 14.9. The van der Waals surface area contributed by atoms with Gasteiger partial charge in [0.2, 0.25) is 0 Å². The summed E-state index contributed by atoms with van der Waals surface area (Å²) in [5.74, 6) is 1.03. The zero-order chi connectivity index (χ0) is 14.5. The smallest absolute Gasteiger partial charge is 0.141 e. The van der Waals surface area contributed by atoms with Crippen LogP contribution >= 0.6 is 11.6 Å². The molecule has 1 aromatic heterocycles. The minimum atomic E-state index is -0.409. The monoisotopic (exact) mass is 296 g/mol. The van der Waals surface area contributed by atoms with Crippen LogP contribution in [0.3, 0.4) is 0 Å². The number of hydrogen-bond acceptors (Lipinski definition) is 3. The fraction of sp³-hybridized carbons (Fsp3) is 0.429. The molecule has 20 heavy (non-hydrogen) atoms. The van der Waals surface area contributed by atoms with Gasteiger partial charge >= 0.3 is 0 Å². The van der Waals surface area contributed by atoms with Gasteiger partial charge in [-0.3, -0.25) is 0 Å². The first-order valence-corrected chi connectivity index (χ1v) is 6.95. The van der Waals surface area contributed by atoms with E-state index >= 15 is 0 Å². The lowest BCUT2D eigenvalue weighted by molar-refractivity contribution is 0.523. The second-order valence-corrected chi connectivity index (χ2v) is 5.51. The number of nitrogens with zero attached hydrogens (tertiary/aromatic N) is 3. The van der Waals surface area contributed by atoms with Crippen molar-refractivity contribution in [3.05, 3.63) is 46.8 Å². The largest absolute Gasteiger partial charge is 0.310 e. The molecule has 0 fully saturated rings. The standard InChI is InChI=1S/C14H18ClFN4/c1-10(2)6-17-7-14-18-9-19-20(14)8-11-3-4-13(16)12(15)5-11/h3-5,9-10,17H,6-8H2,1-2H3. The van der Waals surface area contributed by atoms with Crippen LogP contribution in [0.15, 0.2) is 24.5 Å². The summed E-state index contributed by atoms with van der Waals surface area (Å²) in [7, 11) is 0. The predicted molar refractivity (Wildman–Crippen MR) is 77.1 cm³/mol. The van der Waals surface area contributed by atoms with Gasteiger partial charge in [-0.05, 0) is 30.2 Å². The van der Waals surface area contributed by atoms with Gasteiger partial charge in [0.15, 0.2) is 0 Å². The maximum absolute atomic E-state index is 13.1. The fourth-order valence-corrected chi connectivity index (χ4v) is 2.04. The molecule has 6 heteroatoms. The van der Waals surface area contributed by atoms with Gasteiger partial charge in [-0.1, -0.05) is 31.5 Å². The maximum atomic E-state index is 13.1. The van der Waals surface area contributed by atoms with Crippen LogP contribution in [0.4, 0.5) is 4.39 Å². The highest BCUT2D eigenvalue weighted by molar-refractivity contribution is 6.30. The van der Waals surface area contributed by atoms with Gasteiger partial charge in [-0.25, -0.2) is 14.1 Å². The number of rotatable bonds is 6. The SMILES string of the molecule is CC(C)CNCc1ncnn1Cc1ccc(F)c(Cl)c1. The Hall–Kier alpha value is -1.46. The number of nitrogens with one attached hydrogen (secondary N) is 1. The minimum Gasteiger partial charge on any atom is -0.310 e. The van der Waals surface area contributed by atoms with E-state index in [0.717, 1.165) is 17.9 Å². The highest BCUT2D eigenvalue weighted by Crippen LogP contribution is 2.16. The van der Waals surface area contributed by atoms with Crippen molar-refractivity contribution < 1.29 is 4.39 Å². The molecular weight excluding hydrogens is 279 g/mol. The van der Waals surface area contributed by atoms with E-state index in [0.29, 0.717) is 19.0 Å². The van der Waals surface area contributed by atoms with Crippen LogP contribution in [0.1, 0.15) is 25.2 Å². The van der Waals surface area contributed by atoms with Crippen LogP contribution < -0.4 is 5.32 Å². The number of halogens is 2. The third kappa shape index (κ3) is 4.02. The molecule has 0 aliphatic rings. The summed E-state index contributed by atoms with van der Waals surface area (Å²) in [5, 5.41) is 7.64. The second-order valence-electron chi connectivity index (χ2n) is 5.11. The molecule has 1 heterocycles. The van der Waals surface area contributed by atoms with E-state index in [1.54, 1.807) is 16.8 Å². The molecule has 0 saturated carbocycles. The molecule has 2 rings (SSSR count). The Labute approximate surface area is 123 Å². The molecule has 0 saturated heterocycles. The first-order chi connectivity index (χ1) is 9.56. The van der Waals surface area contributed by atoms with E-state index in [-0.39, 0.29) is 5.02 Å². The summed E-state index contributed by atoms with van der Waals surface area (Å²) in [6, 6.07) is 4.68. The lowest BCUT2D eigenvalue weighted by Crippen LogP contribution is -2.22. The van der Waals surface area contributed by atoms with E-state index in [2.05, 4.69) is 29.2 Å². The van der Waals surface area contributed by atoms with Crippen molar-refractivity contribution in [1.82, 2.24) is 20.1 Å². The third-order valence-electron chi connectivity index (χ3n) is 2.85. The minimum absolute atomic E-state index is 0.127.